The van der Waals surface area contributed by atoms with Crippen LogP contribution in [0.15, 0.2) is 72.4 Å². The molecular formula is C23H15Cl2FN2O2. The van der Waals surface area contributed by atoms with Gasteiger partial charge in [-0.2, -0.15) is 0 Å². The van der Waals surface area contributed by atoms with Gasteiger partial charge in [0.05, 0.1) is 11.3 Å². The van der Waals surface area contributed by atoms with E-state index in [4.69, 9.17) is 23.2 Å². The van der Waals surface area contributed by atoms with Gasteiger partial charge in [-0.15, -0.1) is 0 Å². The number of benzene rings is 3. The molecule has 4 nitrogen and oxygen atoms in total. The van der Waals surface area contributed by atoms with Gasteiger partial charge >= 0.3 is 0 Å². The number of nitrogens with zero attached hydrogens (tertiary/aromatic N) is 1. The van der Waals surface area contributed by atoms with Crippen molar-refractivity contribution >= 4 is 52.0 Å². The number of anilines is 2. The number of carbonyl (C=O) groups is 2. The fraction of sp³-hybridized carbons (Fsp3) is 0.0435. The van der Waals surface area contributed by atoms with E-state index in [0.717, 1.165) is 16.5 Å². The molecule has 3 aromatic rings. The quantitative estimate of drug-likeness (QED) is 0.518. The van der Waals surface area contributed by atoms with Crippen molar-refractivity contribution in [1.29, 1.82) is 0 Å². The van der Waals surface area contributed by atoms with Gasteiger partial charge in [-0.1, -0.05) is 47.5 Å². The van der Waals surface area contributed by atoms with Crippen LogP contribution < -0.4 is 10.2 Å². The first kappa shape index (κ1) is 20.1. The van der Waals surface area contributed by atoms with E-state index >= 15 is 0 Å². The molecule has 0 spiro atoms. The van der Waals surface area contributed by atoms with Crippen LogP contribution in [0.4, 0.5) is 15.8 Å². The maximum absolute atomic E-state index is 13.8. The second-order valence-electron chi connectivity index (χ2n) is 6.77. The van der Waals surface area contributed by atoms with Crippen LogP contribution in [0.1, 0.15) is 11.1 Å². The van der Waals surface area contributed by atoms with Crippen molar-refractivity contribution in [2.75, 3.05) is 10.2 Å². The minimum atomic E-state index is -0.591. The highest BCUT2D eigenvalue weighted by Crippen LogP contribution is 2.34. The van der Waals surface area contributed by atoms with Crippen molar-refractivity contribution in [3.63, 3.8) is 0 Å². The maximum atomic E-state index is 13.8. The van der Waals surface area contributed by atoms with Crippen LogP contribution in [0.25, 0.3) is 5.57 Å². The summed E-state index contributed by atoms with van der Waals surface area (Å²) in [6, 6.07) is 17.1. The van der Waals surface area contributed by atoms with Crippen molar-refractivity contribution in [3.8, 4) is 0 Å². The molecule has 0 aliphatic carbocycles. The predicted octanol–water partition coefficient (Wildman–Crippen LogP) is 5.84. The van der Waals surface area contributed by atoms with Gasteiger partial charge in [0.15, 0.2) is 0 Å². The monoisotopic (exact) mass is 440 g/mol. The van der Waals surface area contributed by atoms with Gasteiger partial charge < -0.3 is 5.32 Å². The summed E-state index contributed by atoms with van der Waals surface area (Å²) in [5, 5.41) is 4.04. The van der Waals surface area contributed by atoms with Gasteiger partial charge in [0.2, 0.25) is 0 Å². The average molecular weight is 441 g/mol. The van der Waals surface area contributed by atoms with E-state index in [1.165, 1.54) is 18.2 Å². The minimum Gasteiger partial charge on any atom is -0.350 e. The molecule has 1 heterocycles. The largest absolute Gasteiger partial charge is 0.350 e. The molecule has 0 fully saturated rings. The van der Waals surface area contributed by atoms with E-state index in [9.17, 15) is 14.0 Å². The third-order valence-corrected chi connectivity index (χ3v) is 5.38. The summed E-state index contributed by atoms with van der Waals surface area (Å²) in [6.07, 6.45) is 0. The number of imide groups is 1. The Balaban J connectivity index is 1.83. The van der Waals surface area contributed by atoms with E-state index < -0.39 is 17.6 Å². The molecule has 150 valence electrons. The lowest BCUT2D eigenvalue weighted by atomic mass is 10.0. The van der Waals surface area contributed by atoms with Crippen LogP contribution >= 0.6 is 23.2 Å². The van der Waals surface area contributed by atoms with Crippen molar-refractivity contribution in [2.24, 2.45) is 0 Å². The molecule has 7 heteroatoms. The number of halogens is 3. The molecule has 0 aromatic heterocycles. The Hall–Kier alpha value is -3.15. The van der Waals surface area contributed by atoms with Crippen molar-refractivity contribution in [3.05, 3.63) is 99.4 Å². The zero-order valence-corrected chi connectivity index (χ0v) is 17.3. The molecule has 3 aromatic carbocycles. The number of rotatable bonds is 4. The SMILES string of the molecule is Cc1ccc(NC2=C(c3ccc(Cl)cc3)C(=O)N(c3cccc(F)c3)C2=O)cc1Cl. The topological polar surface area (TPSA) is 49.4 Å². The molecule has 0 radical (unpaired) electrons. The maximum Gasteiger partial charge on any atom is 0.282 e. The van der Waals surface area contributed by atoms with Crippen molar-refractivity contribution < 1.29 is 14.0 Å². The Labute approximate surface area is 182 Å². The van der Waals surface area contributed by atoms with Gasteiger partial charge in [0.1, 0.15) is 11.5 Å². The van der Waals surface area contributed by atoms with Gasteiger partial charge in [0, 0.05) is 15.7 Å². The number of hydrogen-bond acceptors (Lipinski definition) is 3. The van der Waals surface area contributed by atoms with E-state index in [2.05, 4.69) is 5.32 Å². The lowest BCUT2D eigenvalue weighted by Crippen LogP contribution is -2.32. The molecular weight excluding hydrogens is 426 g/mol. The molecule has 4 rings (SSSR count). The second-order valence-corrected chi connectivity index (χ2v) is 7.62. The number of hydrogen-bond donors (Lipinski definition) is 1. The molecule has 0 saturated carbocycles. The molecule has 1 aliphatic rings. The Kier molecular flexibility index (Phi) is 5.33. The summed E-state index contributed by atoms with van der Waals surface area (Å²) in [5.41, 5.74) is 2.33. The van der Waals surface area contributed by atoms with E-state index in [1.54, 1.807) is 42.5 Å². The lowest BCUT2D eigenvalue weighted by molar-refractivity contribution is -0.120. The third kappa shape index (κ3) is 3.70. The summed E-state index contributed by atoms with van der Waals surface area (Å²) >= 11 is 12.2. The fourth-order valence-electron chi connectivity index (χ4n) is 3.19. The van der Waals surface area contributed by atoms with E-state index in [-0.39, 0.29) is 17.0 Å². The lowest BCUT2D eigenvalue weighted by Gasteiger charge is -2.15. The van der Waals surface area contributed by atoms with Crippen molar-refractivity contribution in [1.82, 2.24) is 0 Å². The van der Waals surface area contributed by atoms with Crippen LogP contribution in [-0.2, 0) is 9.59 Å². The van der Waals surface area contributed by atoms with Crippen LogP contribution in [0, 0.1) is 12.7 Å². The van der Waals surface area contributed by atoms with E-state index in [0.29, 0.717) is 21.3 Å². The molecule has 2 amide bonds. The summed E-state index contributed by atoms with van der Waals surface area (Å²) in [5.74, 6) is -1.70. The van der Waals surface area contributed by atoms with Gasteiger partial charge in [-0.3, -0.25) is 9.59 Å². The Morgan fingerprint density at radius 1 is 0.900 bits per heavy atom. The predicted molar refractivity (Wildman–Crippen MR) is 117 cm³/mol. The molecule has 0 atom stereocenters. The molecule has 0 unspecified atom stereocenters. The van der Waals surface area contributed by atoms with Crippen LogP contribution in [0.5, 0.6) is 0 Å². The van der Waals surface area contributed by atoms with Crippen LogP contribution in [-0.4, -0.2) is 11.8 Å². The Bertz CT molecular complexity index is 1210. The normalized spacial score (nSPS) is 13.9. The summed E-state index contributed by atoms with van der Waals surface area (Å²) < 4.78 is 13.8. The molecule has 1 N–H and O–H groups in total. The van der Waals surface area contributed by atoms with Crippen molar-refractivity contribution in [2.45, 2.75) is 6.92 Å². The smallest absolute Gasteiger partial charge is 0.282 e. The first-order chi connectivity index (χ1) is 14.3. The van der Waals surface area contributed by atoms with Gasteiger partial charge in [-0.05, 0) is 60.5 Å². The van der Waals surface area contributed by atoms with Crippen LogP contribution in [0.2, 0.25) is 10.0 Å². The Morgan fingerprint density at radius 2 is 1.63 bits per heavy atom. The zero-order chi connectivity index (χ0) is 21.4. The highest BCUT2D eigenvalue weighted by Gasteiger charge is 2.40. The molecule has 0 saturated heterocycles. The zero-order valence-electron chi connectivity index (χ0n) is 15.7. The number of carbonyl (C=O) groups excluding carboxylic acids is 2. The highest BCUT2D eigenvalue weighted by molar-refractivity contribution is 6.46. The summed E-state index contributed by atoms with van der Waals surface area (Å²) in [4.78, 5) is 27.4. The average Bonchev–Trinajstić information content (AvgIpc) is 2.95. The Morgan fingerprint density at radius 3 is 2.30 bits per heavy atom. The second kappa shape index (κ2) is 7.94. The number of aryl methyl sites for hydroxylation is 1. The fourth-order valence-corrected chi connectivity index (χ4v) is 3.50. The number of amides is 2. The summed E-state index contributed by atoms with van der Waals surface area (Å²) in [6.45, 7) is 1.86. The van der Waals surface area contributed by atoms with Gasteiger partial charge in [-0.25, -0.2) is 9.29 Å². The molecule has 1 aliphatic heterocycles. The molecule has 30 heavy (non-hydrogen) atoms. The number of nitrogens with one attached hydrogen (secondary N) is 1. The minimum absolute atomic E-state index is 0.0755. The first-order valence-electron chi connectivity index (χ1n) is 9.03. The van der Waals surface area contributed by atoms with Crippen LogP contribution in [0.3, 0.4) is 0 Å². The summed E-state index contributed by atoms with van der Waals surface area (Å²) in [7, 11) is 0. The molecule has 0 bridgehead atoms. The van der Waals surface area contributed by atoms with E-state index in [1.807, 2.05) is 6.92 Å². The third-order valence-electron chi connectivity index (χ3n) is 4.72. The standard InChI is InChI=1S/C23H15Cl2FN2O2/c1-13-5-10-17(12-19(13)25)27-21-20(14-6-8-15(24)9-7-14)22(29)28(23(21)30)18-4-2-3-16(26)11-18/h2-12,27H,1H3. The first-order valence-corrected chi connectivity index (χ1v) is 9.78. The highest BCUT2D eigenvalue weighted by atomic mass is 35.5. The van der Waals surface area contributed by atoms with Gasteiger partial charge in [0.25, 0.3) is 11.8 Å².